The van der Waals surface area contributed by atoms with Crippen molar-refractivity contribution in [1.29, 1.82) is 0 Å². The van der Waals surface area contributed by atoms with Crippen LogP contribution < -0.4 is 15.0 Å². The number of methoxy groups -OCH3 is 2. The van der Waals surface area contributed by atoms with Crippen molar-refractivity contribution in [2.24, 2.45) is 11.8 Å². The number of amides is 4. The van der Waals surface area contributed by atoms with Gasteiger partial charge in [-0.15, -0.1) is 0 Å². The molecule has 0 aromatic heterocycles. The smallest absolute Gasteiger partial charge is 0.329 e. The first-order valence-electron chi connectivity index (χ1n) is 25.2. The molecule has 7 atom stereocenters. The third-order valence-electron chi connectivity index (χ3n) is 14.8. The number of fused-ring (bicyclic) bond motifs is 3. The molecule has 1 spiro atoms. The van der Waals surface area contributed by atoms with Gasteiger partial charge in [0.25, 0.3) is 0 Å². The number of nitrogens with zero attached hydrogens (tertiary/aromatic N) is 3. The SMILES string of the molecule is COC(=O)C(CC#Cc1ccc2c(c1)[C@]1(C(=O)N2C(=O)N[C@H](C)c2ccccc2)[C@H](c2ccc(OCCO)cc2)N2[C@H](c3ccccc3)[C@H](c3ccccc3)OC(=O)[C@H]2[C@@H]1C(=O)N1CCCCCCC1)C(=O)OC. The van der Waals surface area contributed by atoms with Crippen LogP contribution in [0.1, 0.15) is 103 Å². The number of nitrogens with one attached hydrogen (secondary N) is 1. The van der Waals surface area contributed by atoms with Gasteiger partial charge in [-0.3, -0.25) is 28.9 Å². The second-order valence-electron chi connectivity index (χ2n) is 19.1. The van der Waals surface area contributed by atoms with Crippen molar-refractivity contribution < 1.29 is 52.8 Å². The molecule has 4 aliphatic heterocycles. The van der Waals surface area contributed by atoms with Crippen molar-refractivity contribution in [3.05, 3.63) is 167 Å². The van der Waals surface area contributed by atoms with Crippen LogP contribution in [0.15, 0.2) is 133 Å². The summed E-state index contributed by atoms with van der Waals surface area (Å²) >= 11 is 0. The molecule has 0 aliphatic carbocycles. The second-order valence-corrected chi connectivity index (χ2v) is 19.1. The van der Waals surface area contributed by atoms with Gasteiger partial charge in [0.15, 0.2) is 5.92 Å². The number of aliphatic hydroxyl groups excluding tert-OH is 1. The molecule has 15 heteroatoms. The fourth-order valence-electron chi connectivity index (χ4n) is 11.4. The summed E-state index contributed by atoms with van der Waals surface area (Å²) in [4.78, 5) is 94.4. The molecule has 0 radical (unpaired) electrons. The predicted octanol–water partition coefficient (Wildman–Crippen LogP) is 7.69. The third-order valence-corrected chi connectivity index (χ3v) is 14.8. The normalized spacial score (nSPS) is 22.8. The number of rotatable bonds is 12. The molecule has 4 heterocycles. The lowest BCUT2D eigenvalue weighted by atomic mass is 9.64. The first-order chi connectivity index (χ1) is 36.0. The van der Waals surface area contributed by atoms with Gasteiger partial charge in [0.1, 0.15) is 29.9 Å². The summed E-state index contributed by atoms with van der Waals surface area (Å²) in [6.07, 6.45) is 3.02. The Hall–Kier alpha value is -7.80. The predicted molar refractivity (Wildman–Crippen MR) is 273 cm³/mol. The third kappa shape index (κ3) is 9.63. The number of benzene rings is 5. The van der Waals surface area contributed by atoms with E-state index in [4.69, 9.17) is 18.9 Å². The molecule has 382 valence electrons. The molecule has 5 aromatic carbocycles. The number of hydrogen-bond donors (Lipinski definition) is 2. The summed E-state index contributed by atoms with van der Waals surface area (Å²) in [5, 5.41) is 12.7. The van der Waals surface area contributed by atoms with Crippen molar-refractivity contribution >= 4 is 41.4 Å². The number of urea groups is 1. The van der Waals surface area contributed by atoms with Crippen LogP contribution in [0.5, 0.6) is 5.75 Å². The van der Waals surface area contributed by atoms with E-state index in [-0.39, 0.29) is 30.9 Å². The Labute approximate surface area is 430 Å². The van der Waals surface area contributed by atoms with E-state index in [1.165, 1.54) is 0 Å². The van der Waals surface area contributed by atoms with Crippen LogP contribution in [0.3, 0.4) is 0 Å². The summed E-state index contributed by atoms with van der Waals surface area (Å²) in [6.45, 7) is 2.38. The highest BCUT2D eigenvalue weighted by molar-refractivity contribution is 6.24. The summed E-state index contributed by atoms with van der Waals surface area (Å²) < 4.78 is 22.3. The number of anilines is 1. The minimum absolute atomic E-state index is 0.0230. The van der Waals surface area contributed by atoms with E-state index in [0.717, 1.165) is 49.5 Å². The lowest BCUT2D eigenvalue weighted by molar-refractivity contribution is -0.179. The Morgan fingerprint density at radius 2 is 1.36 bits per heavy atom. The van der Waals surface area contributed by atoms with Gasteiger partial charge >= 0.3 is 23.9 Å². The Kier molecular flexibility index (Phi) is 15.6. The maximum Gasteiger partial charge on any atom is 0.329 e. The molecule has 9 rings (SSSR count). The first-order valence-corrected chi connectivity index (χ1v) is 25.2. The summed E-state index contributed by atoms with van der Waals surface area (Å²) in [6, 6.07) is 35.6. The van der Waals surface area contributed by atoms with Crippen LogP contribution in [-0.4, -0.2) is 97.2 Å². The van der Waals surface area contributed by atoms with Gasteiger partial charge in [0.05, 0.1) is 50.6 Å². The minimum Gasteiger partial charge on any atom is -0.491 e. The van der Waals surface area contributed by atoms with Gasteiger partial charge in [-0.25, -0.2) is 9.69 Å². The van der Waals surface area contributed by atoms with Crippen LogP contribution in [-0.2, 0) is 43.6 Å². The zero-order valence-electron chi connectivity index (χ0n) is 41.7. The second kappa shape index (κ2) is 22.5. The van der Waals surface area contributed by atoms with E-state index < -0.39 is 83.3 Å². The van der Waals surface area contributed by atoms with E-state index in [1.54, 1.807) is 47.4 Å². The van der Waals surface area contributed by atoms with Gasteiger partial charge in [0.2, 0.25) is 11.8 Å². The molecular weight excluding hydrogens is 941 g/mol. The molecule has 0 saturated carbocycles. The Bertz CT molecular complexity index is 2900. The number of esters is 3. The highest BCUT2D eigenvalue weighted by Crippen LogP contribution is 2.66. The number of hydrogen-bond acceptors (Lipinski definition) is 12. The Morgan fingerprint density at radius 1 is 0.757 bits per heavy atom. The van der Waals surface area contributed by atoms with E-state index in [9.17, 15) is 14.7 Å². The van der Waals surface area contributed by atoms with Gasteiger partial charge in [0, 0.05) is 25.1 Å². The lowest BCUT2D eigenvalue weighted by Crippen LogP contribution is -2.57. The molecule has 74 heavy (non-hydrogen) atoms. The van der Waals surface area contributed by atoms with Crippen LogP contribution in [0, 0.1) is 23.7 Å². The largest absolute Gasteiger partial charge is 0.491 e. The Balaban J connectivity index is 1.33. The molecule has 0 unspecified atom stereocenters. The van der Waals surface area contributed by atoms with Crippen LogP contribution in [0.25, 0.3) is 0 Å². The van der Waals surface area contributed by atoms with Crippen molar-refractivity contribution in [2.75, 3.05) is 45.4 Å². The maximum absolute atomic E-state index is 16.9. The summed E-state index contributed by atoms with van der Waals surface area (Å²) in [7, 11) is 2.33. The van der Waals surface area contributed by atoms with Crippen molar-refractivity contribution in [3.8, 4) is 17.6 Å². The number of carbonyl (C=O) groups is 6. The number of aliphatic hydroxyl groups is 1. The van der Waals surface area contributed by atoms with Crippen molar-refractivity contribution in [3.63, 3.8) is 0 Å². The molecule has 5 aromatic rings. The zero-order valence-corrected chi connectivity index (χ0v) is 41.7. The first kappa shape index (κ1) is 51.1. The van der Waals surface area contributed by atoms with Gasteiger partial charge in [-0.1, -0.05) is 134 Å². The topological polar surface area (TPSA) is 181 Å². The Morgan fingerprint density at radius 3 is 1.99 bits per heavy atom. The van der Waals surface area contributed by atoms with Crippen LogP contribution in [0.2, 0.25) is 0 Å². The number of carbonyl (C=O) groups excluding carboxylic acids is 6. The standard InChI is InChI=1S/C59H60N4O11/c1-38(40-20-10-7-11-21-40)60-58(70)62-47-32-27-39(19-18-26-45(54(66)71-2)55(67)72-3)37-46(47)59(57(62)69)48(53(65)61-33-16-5-4-6-17-34-61)50-56(68)74-51(42-24-14-9-15-25-42)49(41-22-12-8-13-23-41)63(50)52(59)43-28-30-44(31-29-43)73-36-35-64/h7-15,20-25,27-32,37-38,45,48-52,64H,4-6,16-17,26,33-36H2,1-3H3,(H,60,70)/t38-,48-,49-,50-,51+,52+,59-/m1/s1. The number of likely N-dealkylation sites (tertiary alicyclic amines) is 1. The van der Waals surface area contributed by atoms with E-state index in [2.05, 4.69) is 17.2 Å². The molecule has 4 aliphatic rings. The zero-order chi connectivity index (χ0) is 51.9. The van der Waals surface area contributed by atoms with Crippen molar-refractivity contribution in [1.82, 2.24) is 15.1 Å². The van der Waals surface area contributed by atoms with Gasteiger partial charge < -0.3 is 34.3 Å². The van der Waals surface area contributed by atoms with Gasteiger partial charge in [-0.2, -0.15) is 0 Å². The molecule has 3 fully saturated rings. The van der Waals surface area contributed by atoms with E-state index in [1.807, 2.05) is 103 Å². The average molecular weight is 1000 g/mol. The number of imide groups is 1. The highest BCUT2D eigenvalue weighted by atomic mass is 16.6. The molecule has 0 bridgehead atoms. The maximum atomic E-state index is 16.9. The minimum atomic E-state index is -2.05. The van der Waals surface area contributed by atoms with Gasteiger partial charge in [-0.05, 0) is 77.9 Å². The molecule has 15 nitrogen and oxygen atoms in total. The van der Waals surface area contributed by atoms with Crippen LogP contribution in [0.4, 0.5) is 10.5 Å². The molecule has 3 saturated heterocycles. The fraction of sp³-hybridized carbons (Fsp3) is 0.356. The van der Waals surface area contributed by atoms with Crippen molar-refractivity contribution in [2.45, 2.75) is 81.1 Å². The molecular formula is C59H60N4O11. The summed E-state index contributed by atoms with van der Waals surface area (Å²) in [5.74, 6) is 0.133. The fourth-order valence-corrected chi connectivity index (χ4v) is 11.4. The number of ether oxygens (including phenoxy) is 4. The van der Waals surface area contributed by atoms with Crippen LogP contribution >= 0.6 is 0 Å². The molecule has 2 N–H and O–H groups in total. The van der Waals surface area contributed by atoms with E-state index in [0.29, 0.717) is 48.4 Å². The lowest BCUT2D eigenvalue weighted by Gasteiger charge is -2.46. The van der Waals surface area contributed by atoms with E-state index >= 15 is 19.2 Å². The molecule has 4 amide bonds. The average Bonchev–Trinajstić information content (AvgIpc) is 3.91. The monoisotopic (exact) mass is 1000 g/mol. The highest BCUT2D eigenvalue weighted by Gasteiger charge is 2.76. The number of cyclic esters (lactones) is 1. The quantitative estimate of drug-likeness (QED) is 0.0539. The number of morpholine rings is 1. The summed E-state index contributed by atoms with van der Waals surface area (Å²) in [5.41, 5.74) is 1.51.